The highest BCUT2D eigenvalue weighted by molar-refractivity contribution is 5.08. The number of hydrogen-bond donors (Lipinski definition) is 1. The van der Waals surface area contributed by atoms with Gasteiger partial charge in [-0.3, -0.25) is 4.79 Å². The minimum absolute atomic E-state index is 0.106. The lowest BCUT2D eigenvalue weighted by Crippen LogP contribution is -2.02. The predicted molar refractivity (Wildman–Crippen MR) is 30.5 cm³/mol. The van der Waals surface area contributed by atoms with Gasteiger partial charge in [-0.2, -0.15) is 10.1 Å². The second-order valence-electron chi connectivity index (χ2n) is 1.34. The van der Waals surface area contributed by atoms with E-state index in [1.165, 1.54) is 12.3 Å². The molecule has 46 valence electrons. The Balaban J connectivity index is 3.37. The molecule has 5 nitrogen and oxygen atoms in total. The van der Waals surface area contributed by atoms with Crippen LogP contribution in [0, 0.1) is 0 Å². The van der Waals surface area contributed by atoms with Crippen molar-refractivity contribution < 1.29 is 0 Å². The zero-order valence-electron chi connectivity index (χ0n) is 4.48. The van der Waals surface area contributed by atoms with Gasteiger partial charge in [-0.05, 0) is 0 Å². The SMILES string of the molecule is Nc1nnccc(=O)n1. The highest BCUT2D eigenvalue weighted by atomic mass is 16.1. The van der Waals surface area contributed by atoms with Crippen LogP contribution in [-0.2, 0) is 0 Å². The molecule has 0 radical (unpaired) electrons. The molecule has 0 aliphatic carbocycles. The summed E-state index contributed by atoms with van der Waals surface area (Å²) in [5.41, 5.74) is 4.62. The Kier molecular flexibility index (Phi) is 1.35. The lowest BCUT2D eigenvalue weighted by Gasteiger charge is -1.72. The lowest BCUT2D eigenvalue weighted by atomic mass is 10.7. The van der Waals surface area contributed by atoms with E-state index in [0.717, 1.165) is 0 Å². The van der Waals surface area contributed by atoms with Crippen LogP contribution in [0.3, 0.4) is 0 Å². The third kappa shape index (κ3) is 1.45. The number of hydrogen-bond acceptors (Lipinski definition) is 5. The first-order chi connectivity index (χ1) is 4.29. The van der Waals surface area contributed by atoms with Crippen molar-refractivity contribution in [2.24, 2.45) is 0 Å². The van der Waals surface area contributed by atoms with Gasteiger partial charge in [0, 0.05) is 6.07 Å². The Labute approximate surface area is 50.6 Å². The van der Waals surface area contributed by atoms with Gasteiger partial charge in [0.05, 0.1) is 6.20 Å². The zero-order chi connectivity index (χ0) is 6.69. The minimum Gasteiger partial charge on any atom is -0.366 e. The third-order valence-electron chi connectivity index (χ3n) is 0.669. The molecule has 1 heterocycles. The molecule has 0 atom stereocenters. The second kappa shape index (κ2) is 2.17. The van der Waals surface area contributed by atoms with Crippen LogP contribution < -0.4 is 11.3 Å². The molecule has 0 saturated heterocycles. The van der Waals surface area contributed by atoms with Gasteiger partial charge in [0.1, 0.15) is 0 Å². The molecular formula is C4H4N4O. The second-order valence-corrected chi connectivity index (χ2v) is 1.34. The van der Waals surface area contributed by atoms with Gasteiger partial charge in [0.25, 0.3) is 5.56 Å². The van der Waals surface area contributed by atoms with Crippen molar-refractivity contribution in [3.8, 4) is 0 Å². The maximum atomic E-state index is 10.4. The van der Waals surface area contributed by atoms with Crippen LogP contribution in [0.15, 0.2) is 17.1 Å². The Bertz CT molecular complexity index is 260. The van der Waals surface area contributed by atoms with Gasteiger partial charge in [-0.15, -0.1) is 5.10 Å². The molecule has 0 fully saturated rings. The number of anilines is 1. The quantitative estimate of drug-likeness (QED) is 0.470. The van der Waals surface area contributed by atoms with E-state index in [1.54, 1.807) is 0 Å². The molecule has 0 aromatic carbocycles. The van der Waals surface area contributed by atoms with Crippen molar-refractivity contribution in [3.63, 3.8) is 0 Å². The van der Waals surface area contributed by atoms with E-state index < -0.39 is 5.56 Å². The van der Waals surface area contributed by atoms with Crippen molar-refractivity contribution >= 4 is 5.95 Å². The van der Waals surface area contributed by atoms with Gasteiger partial charge in [-0.1, -0.05) is 0 Å². The first-order valence-corrected chi connectivity index (χ1v) is 2.24. The van der Waals surface area contributed by atoms with Gasteiger partial charge < -0.3 is 5.73 Å². The van der Waals surface area contributed by atoms with Crippen molar-refractivity contribution in [2.75, 3.05) is 5.73 Å². The summed E-state index contributed by atoms with van der Waals surface area (Å²) in [7, 11) is 0. The number of nitrogen functional groups attached to an aromatic ring is 1. The number of nitrogens with two attached hydrogens (primary N) is 1. The van der Waals surface area contributed by atoms with Crippen molar-refractivity contribution in [2.45, 2.75) is 0 Å². The van der Waals surface area contributed by atoms with Crippen LogP contribution in [-0.4, -0.2) is 15.2 Å². The van der Waals surface area contributed by atoms with E-state index in [4.69, 9.17) is 5.73 Å². The standard InChI is InChI=1S/C4H4N4O/c5-4-7-3(9)1-2-6-8-4/h1-2H,(H2,5,7,9). The third-order valence-corrected chi connectivity index (χ3v) is 0.669. The van der Waals surface area contributed by atoms with Gasteiger partial charge in [0.15, 0.2) is 0 Å². The van der Waals surface area contributed by atoms with Crippen LogP contribution in [0.25, 0.3) is 0 Å². The molecule has 0 spiro atoms. The molecule has 0 saturated carbocycles. The maximum Gasteiger partial charge on any atom is 0.274 e. The van der Waals surface area contributed by atoms with E-state index in [2.05, 4.69) is 15.2 Å². The predicted octanol–water partition coefficient (Wildman–Crippen LogP) is -1.19. The summed E-state index contributed by atoms with van der Waals surface area (Å²) in [5.74, 6) is -0.106. The van der Waals surface area contributed by atoms with Crippen molar-refractivity contribution in [1.82, 2.24) is 15.2 Å². The molecule has 9 heavy (non-hydrogen) atoms. The highest BCUT2D eigenvalue weighted by Crippen LogP contribution is 1.72. The van der Waals surface area contributed by atoms with Gasteiger partial charge in [0.2, 0.25) is 5.95 Å². The maximum absolute atomic E-state index is 10.4. The Morgan fingerprint density at radius 1 is 1.56 bits per heavy atom. The smallest absolute Gasteiger partial charge is 0.274 e. The van der Waals surface area contributed by atoms with Gasteiger partial charge >= 0.3 is 0 Å². The van der Waals surface area contributed by atoms with E-state index in [1.807, 2.05) is 0 Å². The number of rotatable bonds is 0. The summed E-state index contributed by atoms with van der Waals surface area (Å²) < 4.78 is 0. The van der Waals surface area contributed by atoms with Crippen molar-refractivity contribution in [1.29, 1.82) is 0 Å². The zero-order valence-corrected chi connectivity index (χ0v) is 4.48. The summed E-state index contributed by atoms with van der Waals surface area (Å²) >= 11 is 0. The van der Waals surface area contributed by atoms with Crippen molar-refractivity contribution in [3.05, 3.63) is 22.6 Å². The molecule has 1 aromatic heterocycles. The summed E-state index contributed by atoms with van der Waals surface area (Å²) in [6.45, 7) is 0. The molecule has 0 aliphatic heterocycles. The molecule has 1 aromatic rings. The van der Waals surface area contributed by atoms with E-state index in [9.17, 15) is 4.79 Å². The molecule has 5 heteroatoms. The summed E-state index contributed by atoms with van der Waals surface area (Å²) in [6, 6.07) is 1.18. The fourth-order valence-electron chi connectivity index (χ4n) is 0.362. The monoisotopic (exact) mass is 124 g/mol. The first kappa shape index (κ1) is 5.61. The molecular weight excluding hydrogens is 120 g/mol. The van der Waals surface area contributed by atoms with Crippen LogP contribution >= 0.6 is 0 Å². The van der Waals surface area contributed by atoms with E-state index in [-0.39, 0.29) is 5.95 Å². The molecule has 0 unspecified atom stereocenters. The molecule has 0 amide bonds. The summed E-state index contributed by atoms with van der Waals surface area (Å²) in [4.78, 5) is 13.7. The van der Waals surface area contributed by atoms with Gasteiger partial charge in [-0.25, -0.2) is 0 Å². The fourth-order valence-corrected chi connectivity index (χ4v) is 0.362. The molecule has 0 bridgehead atoms. The summed E-state index contributed by atoms with van der Waals surface area (Å²) in [5, 5.41) is 6.69. The first-order valence-electron chi connectivity index (χ1n) is 2.24. The number of nitrogens with zero attached hydrogens (tertiary/aromatic N) is 3. The minimum atomic E-state index is -0.433. The van der Waals surface area contributed by atoms with E-state index >= 15 is 0 Å². The summed E-state index contributed by atoms with van der Waals surface area (Å²) in [6.07, 6.45) is 1.24. The Morgan fingerprint density at radius 2 is 2.33 bits per heavy atom. The fraction of sp³-hybridized carbons (Fsp3) is 0. The van der Waals surface area contributed by atoms with Crippen LogP contribution in [0.2, 0.25) is 0 Å². The largest absolute Gasteiger partial charge is 0.366 e. The van der Waals surface area contributed by atoms with Crippen LogP contribution in [0.5, 0.6) is 0 Å². The normalized spacial score (nSPS) is 8.89. The average Bonchev–Trinajstić information content (AvgIpc) is 1.93. The topological polar surface area (TPSA) is 81.8 Å². The van der Waals surface area contributed by atoms with Crippen LogP contribution in [0.1, 0.15) is 0 Å². The average molecular weight is 124 g/mol. The Hall–Kier alpha value is -1.52. The highest BCUT2D eigenvalue weighted by Gasteiger charge is 1.83. The molecule has 1 rings (SSSR count). The van der Waals surface area contributed by atoms with Crippen LogP contribution in [0.4, 0.5) is 5.95 Å². The molecule has 0 aliphatic rings. The Morgan fingerprint density at radius 3 is 3.11 bits per heavy atom. The molecule has 2 N–H and O–H groups in total. The van der Waals surface area contributed by atoms with E-state index in [0.29, 0.717) is 0 Å². The number of aromatic nitrogens is 3. The lowest BCUT2D eigenvalue weighted by molar-refractivity contribution is 1.04.